The summed E-state index contributed by atoms with van der Waals surface area (Å²) in [6.07, 6.45) is 0. The molecule has 1 amide bonds. The standard InChI is InChI=1S/C22H24N2OS/c1-15-6-9-18(10-7-15)22(20-5-4-12-26-20)23-14-21(25)24-19-11-8-16(2)13-17(19)3/h4-13,22-23H,14H2,1-3H3,(H,24,25)/t22-/m1/s1. The van der Waals surface area contributed by atoms with Gasteiger partial charge in [0.1, 0.15) is 0 Å². The minimum Gasteiger partial charge on any atom is -0.325 e. The molecule has 3 rings (SSSR count). The topological polar surface area (TPSA) is 41.1 Å². The molecule has 1 aromatic heterocycles. The number of rotatable bonds is 6. The smallest absolute Gasteiger partial charge is 0.238 e. The average molecular weight is 365 g/mol. The molecule has 4 heteroatoms. The van der Waals surface area contributed by atoms with Gasteiger partial charge in [-0.25, -0.2) is 0 Å². The van der Waals surface area contributed by atoms with Gasteiger partial charge in [0.05, 0.1) is 12.6 Å². The molecule has 0 unspecified atom stereocenters. The second-order valence-corrected chi connectivity index (χ2v) is 7.59. The number of anilines is 1. The van der Waals surface area contributed by atoms with Crippen molar-refractivity contribution in [1.29, 1.82) is 0 Å². The van der Waals surface area contributed by atoms with Crippen LogP contribution in [0, 0.1) is 20.8 Å². The van der Waals surface area contributed by atoms with Crippen molar-refractivity contribution in [3.63, 3.8) is 0 Å². The average Bonchev–Trinajstić information content (AvgIpc) is 3.13. The maximum Gasteiger partial charge on any atom is 0.238 e. The molecular formula is C22H24N2OS. The Bertz CT molecular complexity index is 870. The van der Waals surface area contributed by atoms with Gasteiger partial charge in [-0.3, -0.25) is 10.1 Å². The highest BCUT2D eigenvalue weighted by Crippen LogP contribution is 2.26. The fourth-order valence-corrected chi connectivity index (χ4v) is 3.77. The number of carbonyl (C=O) groups is 1. The highest BCUT2D eigenvalue weighted by atomic mass is 32.1. The summed E-state index contributed by atoms with van der Waals surface area (Å²) in [5, 5.41) is 8.47. The first kappa shape index (κ1) is 18.4. The van der Waals surface area contributed by atoms with E-state index in [0.717, 1.165) is 16.8 Å². The molecule has 3 aromatic rings. The zero-order valence-electron chi connectivity index (χ0n) is 15.4. The number of hydrogen-bond donors (Lipinski definition) is 2. The fourth-order valence-electron chi connectivity index (χ4n) is 2.94. The second-order valence-electron chi connectivity index (χ2n) is 6.61. The lowest BCUT2D eigenvalue weighted by molar-refractivity contribution is -0.115. The molecule has 0 fully saturated rings. The molecule has 0 saturated carbocycles. The van der Waals surface area contributed by atoms with Crippen LogP contribution in [0.5, 0.6) is 0 Å². The molecule has 0 spiro atoms. The SMILES string of the molecule is Cc1ccc([C@@H](NCC(=O)Nc2ccc(C)cc2C)c2cccs2)cc1. The van der Waals surface area contributed by atoms with Crippen LogP contribution >= 0.6 is 11.3 Å². The minimum atomic E-state index is -0.0365. The number of nitrogens with one attached hydrogen (secondary N) is 2. The van der Waals surface area contributed by atoms with E-state index < -0.39 is 0 Å². The first-order valence-electron chi connectivity index (χ1n) is 8.73. The van der Waals surface area contributed by atoms with Crippen molar-refractivity contribution in [3.05, 3.63) is 87.1 Å². The number of hydrogen-bond acceptors (Lipinski definition) is 3. The largest absolute Gasteiger partial charge is 0.325 e. The van der Waals surface area contributed by atoms with Gasteiger partial charge in [-0.2, -0.15) is 0 Å². The molecule has 0 bridgehead atoms. The maximum absolute atomic E-state index is 12.4. The molecular weight excluding hydrogens is 340 g/mol. The summed E-state index contributed by atoms with van der Waals surface area (Å²) in [5.74, 6) is -0.0365. The molecule has 26 heavy (non-hydrogen) atoms. The number of aryl methyl sites for hydroxylation is 3. The Balaban J connectivity index is 1.69. The van der Waals surface area contributed by atoms with Crippen molar-refractivity contribution >= 4 is 22.9 Å². The third kappa shape index (κ3) is 4.59. The van der Waals surface area contributed by atoms with Crippen LogP contribution in [0.25, 0.3) is 0 Å². The minimum absolute atomic E-state index is 0.0143. The van der Waals surface area contributed by atoms with Crippen LogP contribution < -0.4 is 10.6 Å². The van der Waals surface area contributed by atoms with Crippen molar-refractivity contribution in [2.75, 3.05) is 11.9 Å². The van der Waals surface area contributed by atoms with Crippen LogP contribution in [0.1, 0.15) is 33.2 Å². The maximum atomic E-state index is 12.4. The summed E-state index contributed by atoms with van der Waals surface area (Å²) in [6, 6.07) is 18.6. The second kappa shape index (κ2) is 8.30. The molecule has 0 saturated heterocycles. The van der Waals surface area contributed by atoms with Crippen LogP contribution in [0.2, 0.25) is 0 Å². The normalized spacial score (nSPS) is 12.0. The van der Waals surface area contributed by atoms with Crippen molar-refractivity contribution in [2.45, 2.75) is 26.8 Å². The predicted molar refractivity (Wildman–Crippen MR) is 110 cm³/mol. The first-order valence-corrected chi connectivity index (χ1v) is 9.61. The lowest BCUT2D eigenvalue weighted by atomic mass is 10.0. The van der Waals surface area contributed by atoms with E-state index in [9.17, 15) is 4.79 Å². The van der Waals surface area contributed by atoms with E-state index in [1.165, 1.54) is 16.0 Å². The van der Waals surface area contributed by atoms with E-state index in [4.69, 9.17) is 0 Å². The quantitative estimate of drug-likeness (QED) is 0.647. The van der Waals surface area contributed by atoms with Crippen LogP contribution in [-0.4, -0.2) is 12.5 Å². The Morgan fingerprint density at radius 3 is 2.38 bits per heavy atom. The number of thiophene rings is 1. The highest BCUT2D eigenvalue weighted by Gasteiger charge is 2.16. The van der Waals surface area contributed by atoms with Crippen LogP contribution in [0.15, 0.2) is 60.0 Å². The van der Waals surface area contributed by atoms with Gasteiger partial charge in [0.15, 0.2) is 0 Å². The van der Waals surface area contributed by atoms with Gasteiger partial charge in [-0.05, 0) is 49.4 Å². The third-order valence-electron chi connectivity index (χ3n) is 4.36. The van der Waals surface area contributed by atoms with Gasteiger partial charge in [-0.15, -0.1) is 11.3 Å². The van der Waals surface area contributed by atoms with Gasteiger partial charge in [0.2, 0.25) is 5.91 Å². The third-order valence-corrected chi connectivity index (χ3v) is 5.30. The molecule has 0 aliphatic carbocycles. The van der Waals surface area contributed by atoms with Crippen molar-refractivity contribution in [2.24, 2.45) is 0 Å². The van der Waals surface area contributed by atoms with Crippen molar-refractivity contribution in [3.8, 4) is 0 Å². The Morgan fingerprint density at radius 2 is 1.73 bits per heavy atom. The van der Waals surface area contributed by atoms with Crippen LogP contribution in [-0.2, 0) is 4.79 Å². The van der Waals surface area contributed by atoms with Gasteiger partial charge in [0.25, 0.3) is 0 Å². The van der Waals surface area contributed by atoms with E-state index in [-0.39, 0.29) is 18.5 Å². The molecule has 0 radical (unpaired) electrons. The molecule has 2 N–H and O–H groups in total. The molecule has 2 aromatic carbocycles. The Kier molecular flexibility index (Phi) is 5.86. The number of amides is 1. The van der Waals surface area contributed by atoms with E-state index >= 15 is 0 Å². The van der Waals surface area contributed by atoms with Gasteiger partial charge >= 0.3 is 0 Å². The van der Waals surface area contributed by atoms with E-state index in [1.807, 2.05) is 32.0 Å². The Labute approximate surface area is 159 Å². The first-order chi connectivity index (χ1) is 12.5. The van der Waals surface area contributed by atoms with Gasteiger partial charge in [-0.1, -0.05) is 53.6 Å². The molecule has 134 valence electrons. The monoisotopic (exact) mass is 364 g/mol. The zero-order chi connectivity index (χ0) is 18.5. The van der Waals surface area contributed by atoms with Gasteiger partial charge in [0, 0.05) is 10.6 Å². The summed E-state index contributed by atoms with van der Waals surface area (Å²) in [5.41, 5.74) is 5.52. The summed E-state index contributed by atoms with van der Waals surface area (Å²) >= 11 is 1.70. The van der Waals surface area contributed by atoms with Crippen molar-refractivity contribution in [1.82, 2.24) is 5.32 Å². The van der Waals surface area contributed by atoms with Gasteiger partial charge < -0.3 is 5.32 Å². The predicted octanol–water partition coefficient (Wildman–Crippen LogP) is 4.99. The molecule has 1 heterocycles. The van der Waals surface area contributed by atoms with Crippen molar-refractivity contribution < 1.29 is 4.79 Å². The Morgan fingerprint density at radius 1 is 1.00 bits per heavy atom. The molecule has 0 aliphatic heterocycles. The molecule has 0 aliphatic rings. The zero-order valence-corrected chi connectivity index (χ0v) is 16.2. The Hall–Kier alpha value is -2.43. The molecule has 1 atom stereocenters. The molecule has 3 nitrogen and oxygen atoms in total. The van der Waals surface area contributed by atoms with Crippen LogP contribution in [0.3, 0.4) is 0 Å². The summed E-state index contributed by atoms with van der Waals surface area (Å²) in [4.78, 5) is 13.6. The van der Waals surface area contributed by atoms with E-state index in [2.05, 4.69) is 59.3 Å². The van der Waals surface area contributed by atoms with E-state index in [1.54, 1.807) is 11.3 Å². The van der Waals surface area contributed by atoms with Crippen LogP contribution in [0.4, 0.5) is 5.69 Å². The fraction of sp³-hybridized carbons (Fsp3) is 0.227. The summed E-state index contributed by atoms with van der Waals surface area (Å²) < 4.78 is 0. The highest BCUT2D eigenvalue weighted by molar-refractivity contribution is 7.10. The number of carbonyl (C=O) groups excluding carboxylic acids is 1. The lowest BCUT2D eigenvalue weighted by Gasteiger charge is -2.18. The summed E-state index contributed by atoms with van der Waals surface area (Å²) in [7, 11) is 0. The lowest BCUT2D eigenvalue weighted by Crippen LogP contribution is -2.31. The summed E-state index contributed by atoms with van der Waals surface area (Å²) in [6.45, 7) is 6.39. The van der Waals surface area contributed by atoms with E-state index in [0.29, 0.717) is 0 Å². The number of benzene rings is 2.